The van der Waals surface area contributed by atoms with Crippen molar-refractivity contribution in [2.45, 2.75) is 13.8 Å². The van der Waals surface area contributed by atoms with E-state index in [0.29, 0.717) is 17.0 Å². The first kappa shape index (κ1) is 99.5. The molecule has 0 aliphatic rings. The van der Waals surface area contributed by atoms with Gasteiger partial charge in [-0.05, 0) is 219 Å². The Hall–Kier alpha value is 16.5. The van der Waals surface area contributed by atoms with Crippen molar-refractivity contribution >= 4 is 411 Å². The summed E-state index contributed by atoms with van der Waals surface area (Å²) in [6.45, 7) is 0.620. The molecule has 0 saturated heterocycles. The summed E-state index contributed by atoms with van der Waals surface area (Å²) in [7, 11) is 83.2. The monoisotopic (exact) mass is 2100 g/mol. The Morgan fingerprint density at radius 3 is 0.965 bits per heavy atom. The van der Waals surface area contributed by atoms with E-state index in [9.17, 15) is 22.4 Å². The molecule has 0 aliphatic carbocycles. The number of nitrogens with zero attached hydrogens (tertiary/aromatic N) is 4. The van der Waals surface area contributed by atoms with E-state index >= 15 is 0 Å². The largest absolute Gasteiger partial charge is 0.491 e. The second-order valence-corrected chi connectivity index (χ2v) is 206. The van der Waals surface area contributed by atoms with E-state index in [-0.39, 0.29) is 165 Å². The summed E-state index contributed by atoms with van der Waals surface area (Å²) in [6.07, 6.45) is 6.54. The standard InChI is InChI=1S/C12H8F2N2O.C7H7BF2O3.C5H5BrN2.H49P47/c1-7-15-4-9(5-16-7)8-2-11(13)10(6-17)12(14)3-8;1-13-7-5(9)2-4(8(11)12)3-6(7)10;1-4-7-2-5(6)3-8-4;1-25-37(24)43(36(22)23)46(42(34(18)19)35(20)21)47(44(38(26(2)3)27(4)5)39(28(6)7)29(8)9)45(40(30(10)11)31(12)13)41(32(14)15)33(16)17/h2-6H,1H3;2-3,11-12H,1H3;2-3H,1H3;25H,1-24H2. The van der Waals surface area contributed by atoms with Crippen LogP contribution in [0.4, 0.5) is 17.6 Å². The molecule has 2 N–H and O–H groups in total. The second kappa shape index (κ2) is 53.4. The molecule has 28 atom stereocenters. The maximum Gasteiger partial charge on any atom is 0.488 e. The molecule has 0 amide bonds. The number of carbonyl (C=O) groups is 1. The van der Waals surface area contributed by atoms with Crippen molar-refractivity contribution in [2.75, 3.05) is 7.11 Å². The number of carbonyl (C=O) groups excluding carboxylic acids is 1. The molecule has 0 radical (unpaired) electrons. The third-order valence-electron chi connectivity index (χ3n) is 8.62. The molecule has 8 nitrogen and oxygen atoms in total. The highest BCUT2D eigenvalue weighted by molar-refractivity contribution is 9.51. The van der Waals surface area contributed by atoms with Gasteiger partial charge in [0, 0.05) is 30.4 Å². The number of hydrogen-bond acceptors (Lipinski definition) is 8. The zero-order valence-electron chi connectivity index (χ0n) is 44.4. The quantitative estimate of drug-likeness (QED) is 0.0276. The van der Waals surface area contributed by atoms with Gasteiger partial charge in [-0.15, -0.1) is 214 Å². The summed E-state index contributed by atoms with van der Waals surface area (Å²) >= 11 is 3.22. The highest BCUT2D eigenvalue weighted by Gasteiger charge is 2.58. The summed E-state index contributed by atoms with van der Waals surface area (Å²) in [5, 5.41) is 17.2. The topological polar surface area (TPSA) is 118 Å². The van der Waals surface area contributed by atoms with Crippen molar-refractivity contribution in [1.82, 2.24) is 19.9 Å². The zero-order chi connectivity index (χ0) is 65.8. The van der Waals surface area contributed by atoms with Crippen LogP contribution in [-0.2, 0) is 0 Å². The summed E-state index contributed by atoms with van der Waals surface area (Å²) in [5.74, 6) is -2.89. The van der Waals surface area contributed by atoms with Crippen molar-refractivity contribution < 1.29 is 37.1 Å². The Bertz CT molecular complexity index is 2400. The van der Waals surface area contributed by atoms with E-state index in [1.165, 1.54) is 12.4 Å². The van der Waals surface area contributed by atoms with Gasteiger partial charge in [-0.3, -0.25) is 4.79 Å². The predicted molar refractivity (Wildman–Crippen MR) is 528 cm³/mol. The van der Waals surface area contributed by atoms with Crippen LogP contribution in [0.3, 0.4) is 0 Å². The molecule has 482 valence electrons. The SMILES string of the molecule is COc1c(F)cc(B(O)O)cc1F.Cc1ncc(-c2cc(F)c(C=O)c(F)c2)cn1.Cc1ncc(Br)cn1.PPP(P)P(P(P)P)P(P(P(P)P)P(P)P)P(P(P(P(P)P)P(P)P)P(P(P)P)P(P)P)P(P(P(P)P)P(P)P)P(P(P)P)P(P)P. The number of methoxy groups -OCH3 is 1. The lowest BCUT2D eigenvalue weighted by Crippen LogP contribution is -2.30. The van der Waals surface area contributed by atoms with Crippen molar-refractivity contribution in [2.24, 2.45) is 0 Å². The number of aryl methyl sites for hydroxylation is 2. The van der Waals surface area contributed by atoms with Gasteiger partial charge < -0.3 is 14.8 Å². The minimum Gasteiger partial charge on any atom is -0.491 e. The Labute approximate surface area is 592 Å². The minimum absolute atomic E-state index is 0.0715. The van der Waals surface area contributed by atoms with Crippen molar-refractivity contribution in [3.63, 3.8) is 0 Å². The number of ether oxygens (including phenoxy) is 1. The van der Waals surface area contributed by atoms with Gasteiger partial charge >= 0.3 is 7.12 Å². The lowest BCUT2D eigenvalue weighted by atomic mass is 9.80. The van der Waals surface area contributed by atoms with Gasteiger partial charge in [-0.25, -0.2) is 37.5 Å². The number of aromatic nitrogens is 4. The summed E-state index contributed by atoms with van der Waals surface area (Å²) in [6, 6.07) is 3.76. The van der Waals surface area contributed by atoms with Gasteiger partial charge in [0.2, 0.25) is 0 Å². The first-order chi connectivity index (χ1) is 39.4. The van der Waals surface area contributed by atoms with Crippen LogP contribution < -0.4 is 10.2 Å². The number of benzene rings is 2. The van der Waals surface area contributed by atoms with Crippen LogP contribution in [0.2, 0.25) is 0 Å². The Kier molecular flexibility index (Phi) is 62.5. The fourth-order valence-electron chi connectivity index (χ4n) is 5.43. The molecule has 0 saturated carbocycles. The van der Waals surface area contributed by atoms with E-state index < -0.39 is 41.7 Å². The summed E-state index contributed by atoms with van der Waals surface area (Å²) in [4.78, 5) is 26.1. The first-order valence-electron chi connectivity index (χ1n) is 21.2. The molecule has 2 heterocycles. The Morgan fingerprint density at radius 1 is 0.459 bits per heavy atom. The molecule has 61 heteroatoms. The van der Waals surface area contributed by atoms with Crippen molar-refractivity contribution in [3.8, 4) is 16.9 Å². The average molecular weight is 2100 g/mol. The average Bonchev–Trinajstić information content (AvgIpc) is 3.07. The maximum absolute atomic E-state index is 13.4. The predicted octanol–water partition coefficient (Wildman–Crippen LogP) is 31.1. The zero-order valence-corrected chi connectivity index (χ0v) is 94.3. The molecule has 0 fully saturated rings. The van der Waals surface area contributed by atoms with Crippen LogP contribution in [0, 0.1) is 37.1 Å². The molecule has 4 aromatic rings. The molecular weight excluding hydrogens is 2030 g/mol. The normalized spacial score (nSPS) is 13.5. The van der Waals surface area contributed by atoms with Gasteiger partial charge in [0.1, 0.15) is 23.3 Å². The van der Waals surface area contributed by atoms with Crippen molar-refractivity contribution in [1.29, 1.82) is 0 Å². The molecule has 28 unspecified atom stereocenters. The van der Waals surface area contributed by atoms with E-state index in [0.717, 1.165) is 49.6 Å². The Balaban J connectivity index is 0.000000748. The number of halogens is 5. The van der Waals surface area contributed by atoms with E-state index in [1.54, 1.807) is 19.3 Å². The van der Waals surface area contributed by atoms with Crippen LogP contribution in [0.15, 0.2) is 53.5 Å². The number of hydrogen-bond donors (Lipinski definition) is 2. The molecule has 0 aliphatic heterocycles. The first-order valence-corrected chi connectivity index (χ1v) is 107. The fourth-order valence-corrected chi connectivity index (χ4v) is 664. The van der Waals surface area contributed by atoms with Crippen LogP contribution in [-0.4, -0.2) is 50.5 Å². The lowest BCUT2D eigenvalue weighted by molar-refractivity contribution is 0.111. The van der Waals surface area contributed by atoms with E-state index in [2.05, 4.69) is 255 Å². The van der Waals surface area contributed by atoms with Gasteiger partial charge in [0.05, 0.1) is 17.1 Å². The van der Waals surface area contributed by atoms with Crippen LogP contribution in [0.5, 0.6) is 5.75 Å². The molecule has 0 bridgehead atoms. The molecule has 0 spiro atoms. The highest BCUT2D eigenvalue weighted by atomic mass is 79.9. The second-order valence-electron chi connectivity index (χ2n) is 14.7. The fraction of sp³-hybridized carbons (Fsp3) is 0.125. The Morgan fingerprint density at radius 2 is 0.729 bits per heavy atom. The highest BCUT2D eigenvalue weighted by Crippen LogP contribution is 3.45. The summed E-state index contributed by atoms with van der Waals surface area (Å²) < 4.78 is 57.8. The van der Waals surface area contributed by atoms with Crippen LogP contribution in [0.25, 0.3) is 11.1 Å². The van der Waals surface area contributed by atoms with E-state index in [4.69, 9.17) is 10.0 Å². The van der Waals surface area contributed by atoms with Crippen LogP contribution >= 0.6 is 392 Å². The number of rotatable bonds is 26. The van der Waals surface area contributed by atoms with Gasteiger partial charge in [-0.1, -0.05) is 7.96 Å². The maximum atomic E-state index is 13.4. The van der Waals surface area contributed by atoms with Crippen LogP contribution in [0.1, 0.15) is 22.0 Å². The van der Waals surface area contributed by atoms with E-state index in [1.807, 2.05) is 6.92 Å². The molecule has 85 heavy (non-hydrogen) atoms. The molecule has 4 rings (SSSR count). The van der Waals surface area contributed by atoms with Crippen molar-refractivity contribution in [3.05, 3.63) is 94.0 Å². The van der Waals surface area contributed by atoms with Gasteiger partial charge in [-0.2, -0.15) is 0 Å². The minimum atomic E-state index is -1.89. The van der Waals surface area contributed by atoms with Gasteiger partial charge in [0.15, 0.2) is 23.7 Å². The summed E-state index contributed by atoms with van der Waals surface area (Å²) in [5.41, 5.74) is -0.0333. The van der Waals surface area contributed by atoms with Gasteiger partial charge in [0.25, 0.3) is 0 Å². The third-order valence-corrected chi connectivity index (χ3v) is 332. The number of aldehydes is 1. The molecule has 2 aromatic heterocycles. The lowest BCUT2D eigenvalue weighted by Gasteiger charge is -2.58. The third kappa shape index (κ3) is 35.2. The molecular formula is C24H69BBrF4N4O4P47. The smallest absolute Gasteiger partial charge is 0.488 e. The molecule has 2 aromatic carbocycles.